The Labute approximate surface area is 117 Å². The number of nitrogens with one attached hydrogen (secondary N) is 3. The summed E-state index contributed by atoms with van der Waals surface area (Å²) in [6.07, 6.45) is 1.11. The number of hydrogen-bond acceptors (Lipinski definition) is 4. The molecule has 0 aliphatic carbocycles. The summed E-state index contributed by atoms with van der Waals surface area (Å²) in [5, 5.41) is 2.79. The van der Waals surface area contributed by atoms with Gasteiger partial charge in [0.15, 0.2) is 0 Å². The molecule has 0 saturated heterocycles. The first-order chi connectivity index (χ1) is 9.51. The number of carbonyl (C=O) groups is 1. The SMILES string of the molecule is COc1cc(Cl)ccc1C(=O)Nc1c[nH]c(=O)[nH]c1=O. The molecule has 0 unspecified atom stereocenters. The minimum atomic E-state index is -0.699. The van der Waals surface area contributed by atoms with E-state index in [4.69, 9.17) is 16.3 Å². The summed E-state index contributed by atoms with van der Waals surface area (Å²) < 4.78 is 5.05. The van der Waals surface area contributed by atoms with Crippen molar-refractivity contribution in [2.75, 3.05) is 12.4 Å². The molecule has 0 aliphatic heterocycles. The lowest BCUT2D eigenvalue weighted by molar-refractivity contribution is 0.102. The van der Waals surface area contributed by atoms with Gasteiger partial charge in [0.05, 0.1) is 12.7 Å². The molecule has 2 aromatic rings. The van der Waals surface area contributed by atoms with Gasteiger partial charge in [-0.2, -0.15) is 0 Å². The van der Waals surface area contributed by atoms with E-state index in [0.717, 1.165) is 6.20 Å². The Morgan fingerprint density at radius 2 is 2.10 bits per heavy atom. The molecule has 0 spiro atoms. The highest BCUT2D eigenvalue weighted by Crippen LogP contribution is 2.23. The van der Waals surface area contributed by atoms with E-state index in [1.54, 1.807) is 0 Å². The predicted molar refractivity (Wildman–Crippen MR) is 73.6 cm³/mol. The fourth-order valence-corrected chi connectivity index (χ4v) is 1.71. The summed E-state index contributed by atoms with van der Waals surface area (Å²) in [5.41, 5.74) is -1.22. The molecule has 104 valence electrons. The third kappa shape index (κ3) is 2.89. The Balaban J connectivity index is 2.33. The Bertz CT molecular complexity index is 766. The molecular weight excluding hydrogens is 286 g/mol. The summed E-state index contributed by atoms with van der Waals surface area (Å²) >= 11 is 5.80. The summed E-state index contributed by atoms with van der Waals surface area (Å²) in [5.74, 6) is -0.285. The van der Waals surface area contributed by atoms with Gasteiger partial charge in [0.2, 0.25) is 0 Å². The van der Waals surface area contributed by atoms with Crippen LogP contribution in [-0.2, 0) is 0 Å². The molecule has 20 heavy (non-hydrogen) atoms. The van der Waals surface area contributed by atoms with Crippen molar-refractivity contribution in [3.63, 3.8) is 0 Å². The normalized spacial score (nSPS) is 10.1. The minimum Gasteiger partial charge on any atom is -0.496 e. The largest absolute Gasteiger partial charge is 0.496 e. The highest BCUT2D eigenvalue weighted by molar-refractivity contribution is 6.31. The first kappa shape index (κ1) is 13.9. The van der Waals surface area contributed by atoms with E-state index in [1.165, 1.54) is 25.3 Å². The van der Waals surface area contributed by atoms with Crippen LogP contribution in [0.1, 0.15) is 10.4 Å². The van der Waals surface area contributed by atoms with Crippen LogP contribution >= 0.6 is 11.6 Å². The second-order valence-corrected chi connectivity index (χ2v) is 4.22. The standard InChI is InChI=1S/C12H10ClN3O4/c1-20-9-4-6(13)2-3-7(9)10(17)15-8-5-14-12(19)16-11(8)18/h2-5H,1H3,(H,15,17)(H2,14,16,18,19). The van der Waals surface area contributed by atoms with Crippen LogP contribution in [0, 0.1) is 0 Å². The Hall–Kier alpha value is -2.54. The van der Waals surface area contributed by atoms with Gasteiger partial charge in [-0.3, -0.25) is 14.6 Å². The summed E-state index contributed by atoms with van der Waals surface area (Å²) in [7, 11) is 1.40. The van der Waals surface area contributed by atoms with Crippen LogP contribution in [0.15, 0.2) is 34.0 Å². The molecule has 0 bridgehead atoms. The van der Waals surface area contributed by atoms with Crippen molar-refractivity contribution in [3.05, 3.63) is 55.8 Å². The Morgan fingerprint density at radius 3 is 2.75 bits per heavy atom. The van der Waals surface area contributed by atoms with Crippen LogP contribution < -0.4 is 21.3 Å². The molecular formula is C12H10ClN3O4. The molecule has 0 aliphatic rings. The number of aromatic amines is 2. The zero-order chi connectivity index (χ0) is 14.7. The quantitative estimate of drug-likeness (QED) is 0.785. The summed E-state index contributed by atoms with van der Waals surface area (Å²) in [6.45, 7) is 0. The number of rotatable bonds is 3. The van der Waals surface area contributed by atoms with Gasteiger partial charge >= 0.3 is 5.69 Å². The molecule has 3 N–H and O–H groups in total. The zero-order valence-corrected chi connectivity index (χ0v) is 11.1. The molecule has 1 aromatic heterocycles. The number of H-pyrrole nitrogens is 2. The van der Waals surface area contributed by atoms with Gasteiger partial charge in [-0.1, -0.05) is 11.6 Å². The third-order valence-electron chi connectivity index (χ3n) is 2.48. The van der Waals surface area contributed by atoms with E-state index in [9.17, 15) is 14.4 Å². The average molecular weight is 296 g/mol. The van der Waals surface area contributed by atoms with Crippen molar-refractivity contribution in [1.29, 1.82) is 0 Å². The Morgan fingerprint density at radius 1 is 1.35 bits per heavy atom. The van der Waals surface area contributed by atoms with Crippen LogP contribution in [-0.4, -0.2) is 23.0 Å². The highest BCUT2D eigenvalue weighted by atomic mass is 35.5. The van der Waals surface area contributed by atoms with Crippen molar-refractivity contribution in [3.8, 4) is 5.75 Å². The smallest absolute Gasteiger partial charge is 0.325 e. The molecule has 0 radical (unpaired) electrons. The monoisotopic (exact) mass is 295 g/mol. The molecule has 0 saturated carbocycles. The number of halogens is 1. The van der Waals surface area contributed by atoms with Crippen LogP contribution in [0.3, 0.4) is 0 Å². The molecule has 7 nitrogen and oxygen atoms in total. The number of carbonyl (C=O) groups excluding carboxylic acids is 1. The van der Waals surface area contributed by atoms with E-state index >= 15 is 0 Å². The average Bonchev–Trinajstić information content (AvgIpc) is 2.41. The van der Waals surface area contributed by atoms with Crippen molar-refractivity contribution in [1.82, 2.24) is 9.97 Å². The van der Waals surface area contributed by atoms with Crippen molar-refractivity contribution < 1.29 is 9.53 Å². The number of benzene rings is 1. The van der Waals surface area contributed by atoms with Crippen LogP contribution in [0.5, 0.6) is 5.75 Å². The molecule has 2 rings (SSSR count). The molecule has 8 heteroatoms. The summed E-state index contributed by atoms with van der Waals surface area (Å²) in [4.78, 5) is 38.7. The van der Waals surface area contributed by atoms with Gasteiger partial charge in [0, 0.05) is 11.2 Å². The topological polar surface area (TPSA) is 104 Å². The van der Waals surface area contributed by atoms with Gasteiger partial charge in [0.25, 0.3) is 11.5 Å². The molecule has 1 heterocycles. The second-order valence-electron chi connectivity index (χ2n) is 3.78. The van der Waals surface area contributed by atoms with Gasteiger partial charge in [0.1, 0.15) is 11.4 Å². The minimum absolute atomic E-state index is 0.0772. The fourth-order valence-electron chi connectivity index (χ4n) is 1.54. The number of anilines is 1. The lowest BCUT2D eigenvalue weighted by Gasteiger charge is -2.08. The van der Waals surface area contributed by atoms with Gasteiger partial charge < -0.3 is 15.0 Å². The lowest BCUT2D eigenvalue weighted by Crippen LogP contribution is -2.26. The maximum absolute atomic E-state index is 12.1. The number of methoxy groups -OCH3 is 1. The van der Waals surface area contributed by atoms with E-state index < -0.39 is 17.2 Å². The zero-order valence-electron chi connectivity index (χ0n) is 10.3. The fraction of sp³-hybridized carbons (Fsp3) is 0.0833. The maximum Gasteiger partial charge on any atom is 0.325 e. The van der Waals surface area contributed by atoms with E-state index in [2.05, 4.69) is 10.3 Å². The van der Waals surface area contributed by atoms with Crippen molar-refractivity contribution in [2.24, 2.45) is 0 Å². The highest BCUT2D eigenvalue weighted by Gasteiger charge is 2.14. The third-order valence-corrected chi connectivity index (χ3v) is 2.71. The van der Waals surface area contributed by atoms with Crippen molar-refractivity contribution >= 4 is 23.2 Å². The molecule has 1 amide bonds. The maximum atomic E-state index is 12.1. The van der Waals surface area contributed by atoms with E-state index in [-0.39, 0.29) is 17.0 Å². The van der Waals surface area contributed by atoms with E-state index in [1.807, 2.05) is 4.98 Å². The van der Waals surface area contributed by atoms with Gasteiger partial charge in [-0.05, 0) is 18.2 Å². The molecule has 0 fully saturated rings. The van der Waals surface area contributed by atoms with Crippen LogP contribution in [0.4, 0.5) is 5.69 Å². The number of ether oxygens (including phenoxy) is 1. The van der Waals surface area contributed by atoms with Gasteiger partial charge in [-0.15, -0.1) is 0 Å². The number of aromatic nitrogens is 2. The Kier molecular flexibility index (Phi) is 3.90. The van der Waals surface area contributed by atoms with Crippen LogP contribution in [0.25, 0.3) is 0 Å². The first-order valence-electron chi connectivity index (χ1n) is 5.48. The van der Waals surface area contributed by atoms with Gasteiger partial charge in [-0.25, -0.2) is 4.79 Å². The molecule has 0 atom stereocenters. The number of amides is 1. The first-order valence-corrected chi connectivity index (χ1v) is 5.86. The van der Waals surface area contributed by atoms with Crippen LogP contribution in [0.2, 0.25) is 5.02 Å². The van der Waals surface area contributed by atoms with Crippen molar-refractivity contribution in [2.45, 2.75) is 0 Å². The molecule has 1 aromatic carbocycles. The predicted octanol–water partition coefficient (Wildman–Crippen LogP) is 0.977. The number of hydrogen-bond donors (Lipinski definition) is 3. The second kappa shape index (κ2) is 5.62. The van der Waals surface area contributed by atoms with E-state index in [0.29, 0.717) is 5.02 Å². The lowest BCUT2D eigenvalue weighted by atomic mass is 10.2. The summed E-state index contributed by atoms with van der Waals surface area (Å²) in [6, 6.07) is 4.47.